The predicted molar refractivity (Wildman–Crippen MR) is 75.5 cm³/mol. The summed E-state index contributed by atoms with van der Waals surface area (Å²) in [5.41, 5.74) is 1.48. The SMILES string of the molecule is OC(Cc1ccncc1Cl)c1cc(Cl)c2c(c1)OCO2. The first-order valence-corrected chi connectivity index (χ1v) is 6.76. The van der Waals surface area contributed by atoms with Gasteiger partial charge in [0.2, 0.25) is 6.79 Å². The summed E-state index contributed by atoms with van der Waals surface area (Å²) in [4.78, 5) is 3.92. The third-order valence-electron chi connectivity index (χ3n) is 3.10. The second kappa shape index (κ2) is 5.48. The summed E-state index contributed by atoms with van der Waals surface area (Å²) >= 11 is 12.1. The van der Waals surface area contributed by atoms with Crippen molar-refractivity contribution < 1.29 is 14.6 Å². The van der Waals surface area contributed by atoms with Gasteiger partial charge in [0.25, 0.3) is 0 Å². The van der Waals surface area contributed by atoms with E-state index in [1.165, 1.54) is 0 Å². The minimum absolute atomic E-state index is 0.144. The van der Waals surface area contributed by atoms with Gasteiger partial charge in [-0.3, -0.25) is 4.98 Å². The Bertz CT molecular complexity index is 648. The number of ether oxygens (including phenoxy) is 2. The Morgan fingerprint density at radius 1 is 1.25 bits per heavy atom. The molecule has 2 aromatic rings. The summed E-state index contributed by atoms with van der Waals surface area (Å²) in [5, 5.41) is 11.3. The average Bonchev–Trinajstić information content (AvgIpc) is 2.90. The topological polar surface area (TPSA) is 51.6 Å². The van der Waals surface area contributed by atoms with Crippen molar-refractivity contribution in [1.29, 1.82) is 0 Å². The lowest BCUT2D eigenvalue weighted by molar-refractivity contribution is 0.171. The van der Waals surface area contributed by atoms with Crippen molar-refractivity contribution in [3.05, 3.63) is 51.8 Å². The highest BCUT2D eigenvalue weighted by Crippen LogP contribution is 2.41. The van der Waals surface area contributed by atoms with Crippen LogP contribution in [0.3, 0.4) is 0 Å². The second-order valence-electron chi connectivity index (χ2n) is 4.42. The first kappa shape index (κ1) is 13.5. The van der Waals surface area contributed by atoms with Crippen LogP contribution in [-0.2, 0) is 6.42 Å². The standard InChI is InChI=1S/C14H11Cl2NO3/c15-10-3-9(5-13-14(10)20-7-19-13)12(18)4-8-1-2-17-6-11(8)16/h1-3,5-6,12,18H,4,7H2. The van der Waals surface area contributed by atoms with Gasteiger partial charge in [-0.2, -0.15) is 0 Å². The number of rotatable bonds is 3. The number of hydrogen-bond acceptors (Lipinski definition) is 4. The fourth-order valence-electron chi connectivity index (χ4n) is 2.08. The molecule has 1 unspecified atom stereocenters. The van der Waals surface area contributed by atoms with E-state index in [1.807, 2.05) is 0 Å². The summed E-state index contributed by atoms with van der Waals surface area (Å²) < 4.78 is 10.5. The van der Waals surface area contributed by atoms with E-state index in [4.69, 9.17) is 32.7 Å². The summed E-state index contributed by atoms with van der Waals surface area (Å²) in [6.07, 6.45) is 2.83. The van der Waals surface area contributed by atoms with Crippen molar-refractivity contribution in [2.24, 2.45) is 0 Å². The van der Waals surface area contributed by atoms with Crippen molar-refractivity contribution in [3.8, 4) is 11.5 Å². The number of nitrogens with zero attached hydrogens (tertiary/aromatic N) is 1. The fourth-order valence-corrected chi connectivity index (χ4v) is 2.55. The molecule has 20 heavy (non-hydrogen) atoms. The Labute approximate surface area is 125 Å². The van der Waals surface area contributed by atoms with Crippen LogP contribution < -0.4 is 9.47 Å². The van der Waals surface area contributed by atoms with Crippen molar-refractivity contribution >= 4 is 23.2 Å². The molecule has 1 aromatic heterocycles. The molecule has 0 spiro atoms. The molecule has 104 valence electrons. The molecule has 3 rings (SSSR count). The molecule has 0 bridgehead atoms. The van der Waals surface area contributed by atoms with E-state index in [2.05, 4.69) is 4.98 Å². The Morgan fingerprint density at radius 2 is 2.10 bits per heavy atom. The number of aromatic nitrogens is 1. The van der Waals surface area contributed by atoms with Crippen LogP contribution in [0.2, 0.25) is 10.0 Å². The fraction of sp³-hybridized carbons (Fsp3) is 0.214. The molecular weight excluding hydrogens is 301 g/mol. The number of benzene rings is 1. The zero-order chi connectivity index (χ0) is 14.1. The molecule has 1 N–H and O–H groups in total. The predicted octanol–water partition coefficient (Wildman–Crippen LogP) is 3.39. The number of aliphatic hydroxyl groups excluding tert-OH is 1. The molecule has 1 aliphatic heterocycles. The molecule has 1 atom stereocenters. The first-order valence-electron chi connectivity index (χ1n) is 6.00. The van der Waals surface area contributed by atoms with Gasteiger partial charge in [0, 0.05) is 18.8 Å². The van der Waals surface area contributed by atoms with E-state index < -0.39 is 6.10 Å². The molecule has 0 saturated heterocycles. The highest BCUT2D eigenvalue weighted by Gasteiger charge is 2.21. The molecule has 6 heteroatoms. The smallest absolute Gasteiger partial charge is 0.231 e. The van der Waals surface area contributed by atoms with Gasteiger partial charge < -0.3 is 14.6 Å². The number of aliphatic hydroxyl groups is 1. The number of fused-ring (bicyclic) bond motifs is 1. The third kappa shape index (κ3) is 2.54. The Hall–Kier alpha value is -1.49. The van der Waals surface area contributed by atoms with Gasteiger partial charge in [-0.05, 0) is 29.3 Å². The van der Waals surface area contributed by atoms with Crippen LogP contribution in [0.5, 0.6) is 11.5 Å². The van der Waals surface area contributed by atoms with Crippen LogP contribution in [0.4, 0.5) is 0 Å². The number of halogens is 2. The van der Waals surface area contributed by atoms with Crippen LogP contribution >= 0.6 is 23.2 Å². The van der Waals surface area contributed by atoms with E-state index in [-0.39, 0.29) is 6.79 Å². The Morgan fingerprint density at radius 3 is 2.90 bits per heavy atom. The van der Waals surface area contributed by atoms with E-state index in [9.17, 15) is 5.11 Å². The molecule has 0 radical (unpaired) electrons. The van der Waals surface area contributed by atoms with Gasteiger partial charge >= 0.3 is 0 Å². The monoisotopic (exact) mass is 311 g/mol. The van der Waals surface area contributed by atoms with Crippen molar-refractivity contribution in [2.75, 3.05) is 6.79 Å². The van der Waals surface area contributed by atoms with Crippen molar-refractivity contribution in [3.63, 3.8) is 0 Å². The lowest BCUT2D eigenvalue weighted by Gasteiger charge is -2.13. The average molecular weight is 312 g/mol. The van der Waals surface area contributed by atoms with Crippen molar-refractivity contribution in [2.45, 2.75) is 12.5 Å². The van der Waals surface area contributed by atoms with E-state index >= 15 is 0 Å². The van der Waals surface area contributed by atoms with Crippen LogP contribution in [0.25, 0.3) is 0 Å². The molecule has 0 aliphatic carbocycles. The van der Waals surface area contributed by atoms with Gasteiger partial charge in [0.05, 0.1) is 16.1 Å². The summed E-state index contributed by atoms with van der Waals surface area (Å²) in [7, 11) is 0. The zero-order valence-electron chi connectivity index (χ0n) is 10.3. The van der Waals surface area contributed by atoms with Crippen LogP contribution in [0.15, 0.2) is 30.6 Å². The third-order valence-corrected chi connectivity index (χ3v) is 3.73. The molecular formula is C14H11Cl2NO3. The van der Waals surface area contributed by atoms with E-state index in [1.54, 1.807) is 30.6 Å². The van der Waals surface area contributed by atoms with Gasteiger partial charge in [0.1, 0.15) is 0 Å². The minimum atomic E-state index is -0.734. The molecule has 0 amide bonds. The largest absolute Gasteiger partial charge is 0.454 e. The zero-order valence-corrected chi connectivity index (χ0v) is 11.9. The first-order chi connectivity index (χ1) is 9.65. The quantitative estimate of drug-likeness (QED) is 0.944. The molecule has 2 heterocycles. The molecule has 0 fully saturated rings. The Kier molecular flexibility index (Phi) is 3.70. The van der Waals surface area contributed by atoms with Crippen LogP contribution in [0.1, 0.15) is 17.2 Å². The highest BCUT2D eigenvalue weighted by atomic mass is 35.5. The lowest BCUT2D eigenvalue weighted by Crippen LogP contribution is -2.02. The summed E-state index contributed by atoms with van der Waals surface area (Å²) in [6.45, 7) is 0.144. The van der Waals surface area contributed by atoms with Gasteiger partial charge in [-0.1, -0.05) is 23.2 Å². The van der Waals surface area contributed by atoms with Gasteiger partial charge in [-0.15, -0.1) is 0 Å². The molecule has 0 saturated carbocycles. The van der Waals surface area contributed by atoms with E-state index in [0.717, 1.165) is 5.56 Å². The van der Waals surface area contributed by atoms with Crippen LogP contribution in [0, 0.1) is 0 Å². The van der Waals surface area contributed by atoms with Gasteiger partial charge in [-0.25, -0.2) is 0 Å². The Balaban J connectivity index is 1.86. The minimum Gasteiger partial charge on any atom is -0.454 e. The molecule has 1 aliphatic rings. The van der Waals surface area contributed by atoms with Gasteiger partial charge in [0.15, 0.2) is 11.5 Å². The summed E-state index contributed by atoms with van der Waals surface area (Å²) in [6, 6.07) is 5.18. The van der Waals surface area contributed by atoms with Crippen LogP contribution in [-0.4, -0.2) is 16.9 Å². The molecule has 1 aromatic carbocycles. The highest BCUT2D eigenvalue weighted by molar-refractivity contribution is 6.32. The maximum absolute atomic E-state index is 10.3. The maximum atomic E-state index is 10.3. The normalized spacial score (nSPS) is 14.3. The molecule has 4 nitrogen and oxygen atoms in total. The number of pyridine rings is 1. The second-order valence-corrected chi connectivity index (χ2v) is 5.24. The summed E-state index contributed by atoms with van der Waals surface area (Å²) in [5.74, 6) is 1.07. The number of hydrogen-bond donors (Lipinski definition) is 1. The van der Waals surface area contributed by atoms with E-state index in [0.29, 0.717) is 33.5 Å². The maximum Gasteiger partial charge on any atom is 0.231 e. The van der Waals surface area contributed by atoms with Crippen molar-refractivity contribution in [1.82, 2.24) is 4.98 Å². The lowest BCUT2D eigenvalue weighted by atomic mass is 10.0.